The Morgan fingerprint density at radius 1 is 1.00 bits per heavy atom. The molecule has 0 unspecified atom stereocenters. The van der Waals surface area contributed by atoms with E-state index in [1.54, 1.807) is 6.07 Å². The van der Waals surface area contributed by atoms with E-state index in [-0.39, 0.29) is 18.4 Å². The molecule has 2 heterocycles. The van der Waals surface area contributed by atoms with Crippen molar-refractivity contribution in [3.8, 4) is 11.5 Å². The molecule has 1 fully saturated rings. The molecular formula is C24H25NO4. The van der Waals surface area contributed by atoms with Crippen LogP contribution in [0.15, 0.2) is 66.9 Å². The average molecular weight is 391 g/mol. The first-order valence-corrected chi connectivity index (χ1v) is 9.82. The van der Waals surface area contributed by atoms with Crippen LogP contribution in [0.5, 0.6) is 11.5 Å². The van der Waals surface area contributed by atoms with E-state index in [9.17, 15) is 4.79 Å². The van der Waals surface area contributed by atoms with Crippen LogP contribution in [0, 0.1) is 13.8 Å². The maximum Gasteiger partial charge on any atom is 0.166 e. The molecule has 0 N–H and O–H groups in total. The number of carbonyl (C=O) groups excluding carboxylic acids is 1. The Morgan fingerprint density at radius 2 is 1.66 bits per heavy atom. The lowest BCUT2D eigenvalue weighted by Crippen LogP contribution is -2.32. The highest BCUT2D eigenvalue weighted by Crippen LogP contribution is 2.33. The SMILES string of the molecule is Cc1ccc(OC[C@H]2O[C@@H](n3cccc3C=O)C[C@@H]2Oc2ccc(C)cc2)cc1. The van der Waals surface area contributed by atoms with Gasteiger partial charge < -0.3 is 18.8 Å². The number of carbonyl (C=O) groups is 1. The second-order valence-electron chi connectivity index (χ2n) is 7.42. The highest BCUT2D eigenvalue weighted by molar-refractivity contribution is 5.72. The molecule has 2 aromatic carbocycles. The van der Waals surface area contributed by atoms with Crippen LogP contribution >= 0.6 is 0 Å². The molecule has 0 radical (unpaired) electrons. The Morgan fingerprint density at radius 3 is 2.31 bits per heavy atom. The van der Waals surface area contributed by atoms with E-state index in [1.165, 1.54) is 11.1 Å². The van der Waals surface area contributed by atoms with Crippen LogP contribution in [0.25, 0.3) is 0 Å². The van der Waals surface area contributed by atoms with E-state index < -0.39 is 0 Å². The Labute approximate surface area is 170 Å². The fourth-order valence-electron chi connectivity index (χ4n) is 3.52. The maximum atomic E-state index is 11.3. The van der Waals surface area contributed by atoms with Crippen molar-refractivity contribution in [3.63, 3.8) is 0 Å². The van der Waals surface area contributed by atoms with Gasteiger partial charge in [0.25, 0.3) is 0 Å². The number of rotatable bonds is 7. The Bertz CT molecular complexity index is 946. The van der Waals surface area contributed by atoms with Crippen molar-refractivity contribution in [1.29, 1.82) is 0 Å². The summed E-state index contributed by atoms with van der Waals surface area (Å²) in [5.41, 5.74) is 2.95. The van der Waals surface area contributed by atoms with Crippen molar-refractivity contribution < 1.29 is 19.0 Å². The van der Waals surface area contributed by atoms with Crippen molar-refractivity contribution in [1.82, 2.24) is 4.57 Å². The molecule has 0 spiro atoms. The van der Waals surface area contributed by atoms with E-state index in [2.05, 4.69) is 0 Å². The zero-order valence-corrected chi connectivity index (χ0v) is 16.7. The van der Waals surface area contributed by atoms with E-state index in [1.807, 2.05) is 79.2 Å². The third-order valence-corrected chi connectivity index (χ3v) is 5.17. The minimum absolute atomic E-state index is 0.185. The molecule has 5 nitrogen and oxygen atoms in total. The molecule has 0 aliphatic carbocycles. The number of hydrogen-bond donors (Lipinski definition) is 0. The van der Waals surface area contributed by atoms with Crippen LogP contribution in [0.4, 0.5) is 0 Å². The number of hydrogen-bond acceptors (Lipinski definition) is 4. The summed E-state index contributed by atoms with van der Waals surface area (Å²) in [5.74, 6) is 1.60. The van der Waals surface area contributed by atoms with Gasteiger partial charge in [-0.05, 0) is 50.2 Å². The lowest BCUT2D eigenvalue weighted by Gasteiger charge is -2.20. The smallest absolute Gasteiger partial charge is 0.166 e. The van der Waals surface area contributed by atoms with Crippen LogP contribution in [0.1, 0.15) is 34.3 Å². The summed E-state index contributed by atoms with van der Waals surface area (Å²) < 4.78 is 20.3. The molecule has 1 aliphatic heterocycles. The van der Waals surface area contributed by atoms with Crippen LogP contribution in [-0.2, 0) is 4.74 Å². The Hall–Kier alpha value is -3.05. The van der Waals surface area contributed by atoms with Crippen LogP contribution < -0.4 is 9.47 Å². The van der Waals surface area contributed by atoms with Crippen molar-refractivity contribution >= 4 is 6.29 Å². The first kappa shape index (κ1) is 19.3. The summed E-state index contributed by atoms with van der Waals surface area (Å²) in [6.07, 6.45) is 2.62. The maximum absolute atomic E-state index is 11.3. The third-order valence-electron chi connectivity index (χ3n) is 5.17. The first-order chi connectivity index (χ1) is 14.1. The third kappa shape index (κ3) is 4.51. The molecular weight excluding hydrogens is 366 g/mol. The number of aryl methyl sites for hydroxylation is 2. The van der Waals surface area contributed by atoms with E-state index >= 15 is 0 Å². The first-order valence-electron chi connectivity index (χ1n) is 9.82. The van der Waals surface area contributed by atoms with Crippen LogP contribution in [-0.4, -0.2) is 29.7 Å². The molecule has 1 aliphatic rings. The van der Waals surface area contributed by atoms with Crippen molar-refractivity contribution in [2.24, 2.45) is 0 Å². The van der Waals surface area contributed by atoms with Gasteiger partial charge >= 0.3 is 0 Å². The minimum atomic E-state index is -0.271. The fourth-order valence-corrected chi connectivity index (χ4v) is 3.52. The predicted octanol–water partition coefficient (Wildman–Crippen LogP) is 4.73. The molecule has 3 aromatic rings. The molecule has 4 rings (SSSR count). The van der Waals surface area contributed by atoms with Crippen LogP contribution in [0.2, 0.25) is 0 Å². The summed E-state index contributed by atoms with van der Waals surface area (Å²) in [5, 5.41) is 0. The highest BCUT2D eigenvalue weighted by Gasteiger charge is 2.39. The van der Waals surface area contributed by atoms with Gasteiger partial charge in [0.2, 0.25) is 0 Å². The summed E-state index contributed by atoms with van der Waals surface area (Å²) in [6.45, 7) is 4.46. The van der Waals surface area contributed by atoms with Gasteiger partial charge in [-0.2, -0.15) is 0 Å². The van der Waals surface area contributed by atoms with Gasteiger partial charge in [0.05, 0.1) is 5.69 Å². The normalized spacial score (nSPS) is 21.1. The molecule has 5 heteroatoms. The zero-order valence-electron chi connectivity index (χ0n) is 16.7. The molecule has 150 valence electrons. The molecule has 1 saturated heterocycles. The van der Waals surface area contributed by atoms with Crippen molar-refractivity contribution in [3.05, 3.63) is 83.7 Å². The van der Waals surface area contributed by atoms with Gasteiger partial charge in [0.15, 0.2) is 6.29 Å². The average Bonchev–Trinajstić information content (AvgIpc) is 3.36. The van der Waals surface area contributed by atoms with E-state index in [0.29, 0.717) is 18.7 Å². The summed E-state index contributed by atoms with van der Waals surface area (Å²) in [6, 6.07) is 19.5. The van der Waals surface area contributed by atoms with Gasteiger partial charge in [0.1, 0.15) is 36.5 Å². The monoisotopic (exact) mass is 391 g/mol. The summed E-state index contributed by atoms with van der Waals surface area (Å²) >= 11 is 0. The fraction of sp³-hybridized carbons (Fsp3) is 0.292. The van der Waals surface area contributed by atoms with Crippen LogP contribution in [0.3, 0.4) is 0 Å². The Balaban J connectivity index is 1.50. The van der Waals surface area contributed by atoms with Crippen molar-refractivity contribution in [2.45, 2.75) is 38.7 Å². The number of benzene rings is 2. The quantitative estimate of drug-likeness (QED) is 0.546. The predicted molar refractivity (Wildman–Crippen MR) is 111 cm³/mol. The topological polar surface area (TPSA) is 49.7 Å². The number of ether oxygens (including phenoxy) is 3. The minimum Gasteiger partial charge on any atom is -0.491 e. The molecule has 0 amide bonds. The van der Waals surface area contributed by atoms with Gasteiger partial charge in [-0.25, -0.2) is 0 Å². The van der Waals surface area contributed by atoms with Gasteiger partial charge in [-0.15, -0.1) is 0 Å². The summed E-state index contributed by atoms with van der Waals surface area (Å²) in [4.78, 5) is 11.3. The lowest BCUT2D eigenvalue weighted by molar-refractivity contribution is -0.0357. The highest BCUT2D eigenvalue weighted by atomic mass is 16.6. The number of nitrogens with zero attached hydrogens (tertiary/aromatic N) is 1. The van der Waals surface area contributed by atoms with Gasteiger partial charge in [-0.3, -0.25) is 4.79 Å². The van der Waals surface area contributed by atoms with Crippen molar-refractivity contribution in [2.75, 3.05) is 6.61 Å². The Kier molecular flexibility index (Phi) is 5.67. The molecule has 29 heavy (non-hydrogen) atoms. The second kappa shape index (κ2) is 8.53. The molecule has 0 saturated carbocycles. The largest absolute Gasteiger partial charge is 0.491 e. The standard InChI is InChI=1S/C24H25NO4/c1-17-5-9-20(10-6-17)27-16-23-22(28-21-11-7-18(2)8-12-21)14-24(29-23)25-13-3-4-19(25)15-26/h3-13,15,22-24H,14,16H2,1-2H3/t22-,23+,24+/m0/s1. The zero-order chi connectivity index (χ0) is 20.2. The van der Waals surface area contributed by atoms with E-state index in [0.717, 1.165) is 17.8 Å². The molecule has 1 aromatic heterocycles. The second-order valence-corrected chi connectivity index (χ2v) is 7.42. The summed E-state index contributed by atoms with van der Waals surface area (Å²) in [7, 11) is 0. The van der Waals surface area contributed by atoms with Gasteiger partial charge in [-0.1, -0.05) is 35.4 Å². The number of aromatic nitrogens is 1. The molecule has 0 bridgehead atoms. The van der Waals surface area contributed by atoms with Gasteiger partial charge in [0, 0.05) is 12.6 Å². The number of aldehydes is 1. The van der Waals surface area contributed by atoms with E-state index in [4.69, 9.17) is 14.2 Å². The lowest BCUT2D eigenvalue weighted by atomic mass is 10.1. The molecule has 3 atom stereocenters.